The van der Waals surface area contributed by atoms with Gasteiger partial charge in [-0.2, -0.15) is 0 Å². The second-order valence-electron chi connectivity index (χ2n) is 4.97. The number of aromatic amines is 1. The van der Waals surface area contributed by atoms with E-state index < -0.39 is 0 Å². The Morgan fingerprint density at radius 3 is 2.38 bits per heavy atom. The highest BCUT2D eigenvalue weighted by Gasteiger charge is 2.09. The third kappa shape index (κ3) is 4.07. The molecule has 0 spiro atoms. The molecule has 0 saturated carbocycles. The molecule has 7 nitrogen and oxygen atoms in total. The van der Waals surface area contributed by atoms with Gasteiger partial charge in [-0.15, -0.1) is 0 Å². The van der Waals surface area contributed by atoms with Crippen molar-refractivity contribution in [3.8, 4) is 17.2 Å². The molecule has 0 aliphatic heterocycles. The van der Waals surface area contributed by atoms with Gasteiger partial charge in [0.05, 0.1) is 21.3 Å². The van der Waals surface area contributed by atoms with Crippen LogP contribution in [0.25, 0.3) is 0 Å². The lowest BCUT2D eigenvalue weighted by Gasteiger charge is -2.10. The molecule has 0 unspecified atom stereocenters. The number of hydrogen-bond acceptors (Lipinski definition) is 5. The highest BCUT2D eigenvalue weighted by molar-refractivity contribution is 5.92. The zero-order chi connectivity index (χ0) is 17.5. The summed E-state index contributed by atoms with van der Waals surface area (Å²) in [6.45, 7) is 0.419. The molecule has 1 aromatic heterocycles. The van der Waals surface area contributed by atoms with Crippen LogP contribution < -0.4 is 25.0 Å². The number of carbonyl (C=O) groups is 1. The first-order valence-electron chi connectivity index (χ1n) is 7.35. The maximum Gasteiger partial charge on any atom is 0.267 e. The van der Waals surface area contributed by atoms with E-state index in [1.54, 1.807) is 14.2 Å². The number of amides is 1. The Bertz CT molecular complexity index is 770. The molecular weight excluding hydrogens is 312 g/mol. The number of benzene rings is 1. The molecule has 0 saturated heterocycles. The van der Waals surface area contributed by atoms with E-state index in [1.807, 2.05) is 18.2 Å². The van der Waals surface area contributed by atoms with Gasteiger partial charge in [-0.05, 0) is 24.1 Å². The van der Waals surface area contributed by atoms with Crippen LogP contribution in [0.3, 0.4) is 0 Å². The highest BCUT2D eigenvalue weighted by atomic mass is 16.5. The molecule has 0 radical (unpaired) electrons. The van der Waals surface area contributed by atoms with E-state index in [0.717, 1.165) is 5.56 Å². The quantitative estimate of drug-likeness (QED) is 0.799. The number of ether oxygens (including phenoxy) is 3. The van der Waals surface area contributed by atoms with Gasteiger partial charge in [0.15, 0.2) is 17.2 Å². The number of nitrogens with one attached hydrogen (secondary N) is 2. The molecule has 2 rings (SSSR count). The Labute approximate surface area is 139 Å². The average molecular weight is 332 g/mol. The predicted molar refractivity (Wildman–Crippen MR) is 89.2 cm³/mol. The minimum Gasteiger partial charge on any atom is -0.493 e. The number of aromatic nitrogens is 1. The van der Waals surface area contributed by atoms with Gasteiger partial charge in [0.2, 0.25) is 5.43 Å². The molecule has 1 heterocycles. The van der Waals surface area contributed by atoms with E-state index in [0.29, 0.717) is 24.5 Å². The second-order valence-corrected chi connectivity index (χ2v) is 4.97. The Morgan fingerprint density at radius 1 is 1.04 bits per heavy atom. The van der Waals surface area contributed by atoms with E-state index >= 15 is 0 Å². The number of rotatable bonds is 7. The minimum atomic E-state index is -0.352. The summed E-state index contributed by atoms with van der Waals surface area (Å²) < 4.78 is 15.3. The van der Waals surface area contributed by atoms with Crippen LogP contribution in [0.4, 0.5) is 0 Å². The summed E-state index contributed by atoms with van der Waals surface area (Å²) in [6, 6.07) is 6.80. The lowest BCUT2D eigenvalue weighted by atomic mass is 10.1. The molecule has 2 aromatic rings. The SMILES string of the molecule is COc1ccc(CCNC(=O)c2cc(=O)c(OC)c[nH]2)cc1OC. The summed E-state index contributed by atoms with van der Waals surface area (Å²) in [6.07, 6.45) is 1.98. The molecule has 0 atom stereocenters. The molecule has 24 heavy (non-hydrogen) atoms. The number of pyridine rings is 1. The Morgan fingerprint density at radius 2 is 1.75 bits per heavy atom. The molecule has 2 N–H and O–H groups in total. The van der Waals surface area contributed by atoms with Gasteiger partial charge in [0.1, 0.15) is 5.69 Å². The average Bonchev–Trinajstić information content (AvgIpc) is 2.61. The summed E-state index contributed by atoms with van der Waals surface area (Å²) in [4.78, 5) is 26.4. The van der Waals surface area contributed by atoms with Crippen molar-refractivity contribution >= 4 is 5.91 Å². The molecule has 0 aliphatic rings. The number of carbonyl (C=O) groups excluding carboxylic acids is 1. The van der Waals surface area contributed by atoms with Gasteiger partial charge < -0.3 is 24.5 Å². The third-order valence-electron chi connectivity index (χ3n) is 3.49. The molecular formula is C17H20N2O5. The van der Waals surface area contributed by atoms with Gasteiger partial charge >= 0.3 is 0 Å². The van der Waals surface area contributed by atoms with Crippen LogP contribution in [-0.2, 0) is 6.42 Å². The fourth-order valence-corrected chi connectivity index (χ4v) is 2.20. The first-order chi connectivity index (χ1) is 11.6. The molecule has 1 aromatic carbocycles. The summed E-state index contributed by atoms with van der Waals surface area (Å²) >= 11 is 0. The third-order valence-corrected chi connectivity index (χ3v) is 3.49. The molecule has 0 bridgehead atoms. The Balaban J connectivity index is 1.95. The second kappa shape index (κ2) is 8.05. The van der Waals surface area contributed by atoms with Gasteiger partial charge in [0.25, 0.3) is 5.91 Å². The van der Waals surface area contributed by atoms with Crippen molar-refractivity contribution in [2.45, 2.75) is 6.42 Å². The lowest BCUT2D eigenvalue weighted by Crippen LogP contribution is -2.27. The summed E-state index contributed by atoms with van der Waals surface area (Å²) in [7, 11) is 4.55. The number of methoxy groups -OCH3 is 3. The van der Waals surface area contributed by atoms with E-state index in [1.165, 1.54) is 19.4 Å². The van der Waals surface area contributed by atoms with Crippen LogP contribution in [-0.4, -0.2) is 38.8 Å². The molecule has 0 fully saturated rings. The summed E-state index contributed by atoms with van der Waals surface area (Å²) in [5.74, 6) is 1.11. The monoisotopic (exact) mass is 332 g/mol. The topological polar surface area (TPSA) is 89.6 Å². The van der Waals surface area contributed by atoms with Crippen molar-refractivity contribution in [1.82, 2.24) is 10.3 Å². The van der Waals surface area contributed by atoms with E-state index in [-0.39, 0.29) is 22.8 Å². The summed E-state index contributed by atoms with van der Waals surface area (Å²) in [5, 5.41) is 2.76. The maximum absolute atomic E-state index is 12.0. The molecule has 128 valence electrons. The normalized spacial score (nSPS) is 10.1. The van der Waals surface area contributed by atoms with Gasteiger partial charge in [-0.1, -0.05) is 6.07 Å². The maximum atomic E-state index is 12.0. The van der Waals surface area contributed by atoms with Crippen LogP contribution in [0.5, 0.6) is 17.2 Å². The molecule has 7 heteroatoms. The number of hydrogen-bond donors (Lipinski definition) is 2. The van der Waals surface area contributed by atoms with Crippen molar-refractivity contribution in [2.24, 2.45) is 0 Å². The van der Waals surface area contributed by atoms with Crippen LogP contribution in [0.1, 0.15) is 16.1 Å². The molecule has 1 amide bonds. The van der Waals surface area contributed by atoms with Gasteiger partial charge in [-0.3, -0.25) is 9.59 Å². The van der Waals surface area contributed by atoms with Crippen LogP contribution in [0.2, 0.25) is 0 Å². The van der Waals surface area contributed by atoms with Crippen LogP contribution in [0.15, 0.2) is 35.3 Å². The van der Waals surface area contributed by atoms with Crippen molar-refractivity contribution in [2.75, 3.05) is 27.9 Å². The minimum absolute atomic E-state index is 0.164. The lowest BCUT2D eigenvalue weighted by molar-refractivity contribution is 0.0949. The fourth-order valence-electron chi connectivity index (χ4n) is 2.20. The summed E-state index contributed by atoms with van der Waals surface area (Å²) in [5.41, 5.74) is 0.838. The standard InChI is InChI=1S/C17H20N2O5/c1-22-14-5-4-11(8-15(14)23-2)6-7-18-17(21)12-9-13(20)16(24-3)10-19-12/h4-5,8-10H,6-7H2,1-3H3,(H,18,21)(H,19,20). The van der Waals surface area contributed by atoms with Crippen molar-refractivity contribution in [3.05, 3.63) is 51.9 Å². The smallest absolute Gasteiger partial charge is 0.267 e. The van der Waals surface area contributed by atoms with Crippen LogP contribution >= 0.6 is 0 Å². The fraction of sp³-hybridized carbons (Fsp3) is 0.294. The van der Waals surface area contributed by atoms with E-state index in [4.69, 9.17) is 14.2 Å². The highest BCUT2D eigenvalue weighted by Crippen LogP contribution is 2.27. The first kappa shape index (κ1) is 17.4. The number of H-pyrrole nitrogens is 1. The Kier molecular flexibility index (Phi) is 5.83. The predicted octanol–water partition coefficient (Wildman–Crippen LogP) is 1.37. The zero-order valence-electron chi connectivity index (χ0n) is 13.8. The van der Waals surface area contributed by atoms with Crippen molar-refractivity contribution < 1.29 is 19.0 Å². The molecule has 0 aliphatic carbocycles. The van der Waals surface area contributed by atoms with Gasteiger partial charge in [-0.25, -0.2) is 0 Å². The van der Waals surface area contributed by atoms with Crippen molar-refractivity contribution in [3.63, 3.8) is 0 Å². The largest absolute Gasteiger partial charge is 0.493 e. The zero-order valence-corrected chi connectivity index (χ0v) is 13.8. The van der Waals surface area contributed by atoms with Crippen molar-refractivity contribution in [1.29, 1.82) is 0 Å². The van der Waals surface area contributed by atoms with E-state index in [9.17, 15) is 9.59 Å². The first-order valence-corrected chi connectivity index (χ1v) is 7.35. The van der Waals surface area contributed by atoms with Gasteiger partial charge in [0, 0.05) is 18.8 Å². The Hall–Kier alpha value is -2.96. The van der Waals surface area contributed by atoms with Crippen LogP contribution in [0, 0.1) is 0 Å². The van der Waals surface area contributed by atoms with E-state index in [2.05, 4.69) is 10.3 Å².